The van der Waals surface area contributed by atoms with Gasteiger partial charge in [-0.15, -0.1) is 0 Å². The maximum absolute atomic E-state index is 12.1. The minimum atomic E-state index is -0.852. The third-order valence-corrected chi connectivity index (χ3v) is 5.07. The van der Waals surface area contributed by atoms with Crippen LogP contribution in [0.1, 0.15) is 110 Å². The number of unbranched alkanes of at least 4 members (excludes halogenated alkanes) is 11. The number of aliphatic carboxylic acids is 1. The molecule has 0 radical (unpaired) electrons. The number of ketones is 1. The standard InChI is InChI=1S/C23H41NO3/c1-3-5-6-7-8-9-10-11-12-13-14-18-22(25)20-21(23(26)27)17-15-16-19-24-4-2/h21H,2-3,5-20H2,1H3,(H,26,27). The molecule has 4 heteroatoms. The summed E-state index contributed by atoms with van der Waals surface area (Å²) in [6.45, 7) is 6.27. The first kappa shape index (κ1) is 25.6. The molecule has 0 heterocycles. The molecule has 156 valence electrons. The number of carboxylic acids is 1. The van der Waals surface area contributed by atoms with Gasteiger partial charge in [-0.3, -0.25) is 9.59 Å². The van der Waals surface area contributed by atoms with Gasteiger partial charge in [0.15, 0.2) is 0 Å². The summed E-state index contributed by atoms with van der Waals surface area (Å²) in [6, 6.07) is 0. The minimum absolute atomic E-state index is 0.0995. The molecular formula is C23H41NO3. The monoisotopic (exact) mass is 379 g/mol. The lowest BCUT2D eigenvalue weighted by atomic mass is 9.94. The van der Waals surface area contributed by atoms with Crippen LogP contribution in [0.25, 0.3) is 0 Å². The molecule has 0 aliphatic rings. The molecule has 0 spiro atoms. The van der Waals surface area contributed by atoms with Crippen LogP contribution in [0.2, 0.25) is 0 Å². The van der Waals surface area contributed by atoms with E-state index in [0.29, 0.717) is 19.4 Å². The third-order valence-electron chi connectivity index (χ3n) is 5.07. The first-order chi connectivity index (χ1) is 13.1. The van der Waals surface area contributed by atoms with Crippen LogP contribution in [0.15, 0.2) is 11.6 Å². The zero-order valence-electron chi connectivity index (χ0n) is 17.5. The normalized spacial score (nSPS) is 11.7. The lowest BCUT2D eigenvalue weighted by molar-refractivity contribution is -0.144. The van der Waals surface area contributed by atoms with E-state index in [2.05, 4.69) is 24.4 Å². The first-order valence-electron chi connectivity index (χ1n) is 11.0. The zero-order chi connectivity index (χ0) is 20.2. The van der Waals surface area contributed by atoms with Crippen LogP contribution in [0.4, 0.5) is 0 Å². The van der Waals surface area contributed by atoms with E-state index in [-0.39, 0.29) is 12.2 Å². The van der Waals surface area contributed by atoms with Crippen molar-refractivity contribution in [3.05, 3.63) is 6.58 Å². The Balaban J connectivity index is 3.63. The van der Waals surface area contributed by atoms with Crippen LogP contribution in [-0.4, -0.2) is 29.3 Å². The van der Waals surface area contributed by atoms with Crippen LogP contribution < -0.4 is 0 Å². The number of carboxylic acid groups (broad SMARTS) is 1. The van der Waals surface area contributed by atoms with Gasteiger partial charge in [0, 0.05) is 19.4 Å². The molecule has 0 rings (SSSR count). The van der Waals surface area contributed by atoms with Gasteiger partial charge in [-0.2, -0.15) is 0 Å². The Morgan fingerprint density at radius 2 is 1.44 bits per heavy atom. The van der Waals surface area contributed by atoms with Crippen molar-refractivity contribution in [2.24, 2.45) is 10.9 Å². The predicted octanol–water partition coefficient (Wildman–Crippen LogP) is 6.37. The Morgan fingerprint density at radius 3 is 1.96 bits per heavy atom. The molecule has 0 aromatic rings. The van der Waals surface area contributed by atoms with E-state index in [0.717, 1.165) is 25.7 Å². The zero-order valence-corrected chi connectivity index (χ0v) is 17.5. The molecular weight excluding hydrogens is 338 g/mol. The highest BCUT2D eigenvalue weighted by atomic mass is 16.4. The van der Waals surface area contributed by atoms with E-state index in [1.54, 1.807) is 0 Å². The van der Waals surface area contributed by atoms with Gasteiger partial charge in [0.2, 0.25) is 0 Å². The molecule has 1 N–H and O–H groups in total. The van der Waals surface area contributed by atoms with Crippen LogP contribution in [-0.2, 0) is 9.59 Å². The fourth-order valence-corrected chi connectivity index (χ4v) is 3.34. The molecule has 27 heavy (non-hydrogen) atoms. The molecule has 0 fully saturated rings. The van der Waals surface area contributed by atoms with Crippen molar-refractivity contribution in [2.45, 2.75) is 110 Å². The van der Waals surface area contributed by atoms with E-state index < -0.39 is 11.9 Å². The predicted molar refractivity (Wildman–Crippen MR) is 114 cm³/mol. The first-order valence-corrected chi connectivity index (χ1v) is 11.0. The Kier molecular flexibility index (Phi) is 18.3. The second-order valence-electron chi connectivity index (χ2n) is 7.60. The molecule has 1 unspecified atom stereocenters. The SMILES string of the molecule is C=C=NCCCCC(CC(=O)CCCCCCCCCCCCC)C(=O)O. The summed E-state index contributed by atoms with van der Waals surface area (Å²) in [4.78, 5) is 27.3. The molecule has 0 bridgehead atoms. The van der Waals surface area contributed by atoms with Crippen LogP contribution in [0.5, 0.6) is 0 Å². The van der Waals surface area contributed by atoms with Crippen molar-refractivity contribution >= 4 is 17.6 Å². The number of carbonyl (C=O) groups excluding carboxylic acids is 1. The van der Waals surface area contributed by atoms with E-state index >= 15 is 0 Å². The summed E-state index contributed by atoms with van der Waals surface area (Å²) in [5, 5.41) is 9.29. The van der Waals surface area contributed by atoms with Crippen molar-refractivity contribution in [3.63, 3.8) is 0 Å². The Bertz CT molecular complexity index is 427. The van der Waals surface area contributed by atoms with Gasteiger partial charge in [-0.1, -0.05) is 77.6 Å². The summed E-state index contributed by atoms with van der Waals surface area (Å²) in [7, 11) is 0. The lowest BCUT2D eigenvalue weighted by Crippen LogP contribution is -2.18. The Hall–Kier alpha value is -1.41. The van der Waals surface area contributed by atoms with Crippen LogP contribution >= 0.6 is 0 Å². The average Bonchev–Trinajstić information content (AvgIpc) is 2.64. The van der Waals surface area contributed by atoms with E-state index in [4.69, 9.17) is 0 Å². The van der Waals surface area contributed by atoms with Gasteiger partial charge in [0.25, 0.3) is 0 Å². The van der Waals surface area contributed by atoms with Crippen molar-refractivity contribution in [2.75, 3.05) is 6.54 Å². The molecule has 4 nitrogen and oxygen atoms in total. The van der Waals surface area contributed by atoms with Crippen molar-refractivity contribution < 1.29 is 14.7 Å². The van der Waals surface area contributed by atoms with Crippen LogP contribution in [0, 0.1) is 5.92 Å². The molecule has 0 aromatic carbocycles. The molecule has 0 aliphatic heterocycles. The Morgan fingerprint density at radius 1 is 0.889 bits per heavy atom. The van der Waals surface area contributed by atoms with Gasteiger partial charge in [-0.25, -0.2) is 4.99 Å². The molecule has 0 saturated carbocycles. The summed E-state index contributed by atoms with van der Waals surface area (Å²) in [5.74, 6) is 1.17. The highest BCUT2D eigenvalue weighted by Crippen LogP contribution is 2.17. The average molecular weight is 380 g/mol. The number of hydrogen-bond acceptors (Lipinski definition) is 3. The summed E-state index contributed by atoms with van der Waals surface area (Å²) in [6.07, 6.45) is 16.7. The van der Waals surface area contributed by atoms with Gasteiger partial charge in [-0.05, 0) is 31.7 Å². The number of Topliss-reactive ketones (excluding diaryl/α,β-unsaturated/α-hetero) is 1. The number of aliphatic imine (C=N–C) groups is 1. The fourth-order valence-electron chi connectivity index (χ4n) is 3.34. The Labute approximate surface area is 166 Å². The molecule has 0 aromatic heterocycles. The highest BCUT2D eigenvalue weighted by molar-refractivity contribution is 5.83. The summed E-state index contributed by atoms with van der Waals surface area (Å²) >= 11 is 0. The number of rotatable bonds is 20. The largest absolute Gasteiger partial charge is 0.481 e. The molecule has 0 saturated heterocycles. The van der Waals surface area contributed by atoms with Crippen molar-refractivity contribution in [1.82, 2.24) is 0 Å². The maximum atomic E-state index is 12.1. The fraction of sp³-hybridized carbons (Fsp3) is 0.826. The number of nitrogens with zero attached hydrogens (tertiary/aromatic N) is 1. The summed E-state index contributed by atoms with van der Waals surface area (Å²) < 4.78 is 0. The van der Waals surface area contributed by atoms with Crippen molar-refractivity contribution in [3.8, 4) is 0 Å². The minimum Gasteiger partial charge on any atom is -0.481 e. The topological polar surface area (TPSA) is 66.7 Å². The number of carbonyl (C=O) groups is 2. The summed E-state index contributed by atoms with van der Waals surface area (Å²) in [5.41, 5.74) is 0. The molecule has 0 amide bonds. The van der Waals surface area contributed by atoms with E-state index in [1.165, 1.54) is 57.8 Å². The molecule has 1 atom stereocenters. The highest BCUT2D eigenvalue weighted by Gasteiger charge is 2.20. The lowest BCUT2D eigenvalue weighted by Gasteiger charge is -2.11. The maximum Gasteiger partial charge on any atom is 0.306 e. The van der Waals surface area contributed by atoms with Gasteiger partial charge in [0.1, 0.15) is 5.78 Å². The van der Waals surface area contributed by atoms with E-state index in [9.17, 15) is 14.7 Å². The van der Waals surface area contributed by atoms with E-state index in [1.807, 2.05) is 0 Å². The van der Waals surface area contributed by atoms with Crippen LogP contribution in [0.3, 0.4) is 0 Å². The van der Waals surface area contributed by atoms with Gasteiger partial charge >= 0.3 is 5.97 Å². The number of hydrogen-bond donors (Lipinski definition) is 1. The second kappa shape index (κ2) is 19.4. The molecule has 0 aliphatic carbocycles. The second-order valence-corrected chi connectivity index (χ2v) is 7.60. The van der Waals surface area contributed by atoms with Gasteiger partial charge < -0.3 is 5.11 Å². The smallest absolute Gasteiger partial charge is 0.306 e. The third kappa shape index (κ3) is 17.7. The quantitative estimate of drug-likeness (QED) is 0.197. The van der Waals surface area contributed by atoms with Gasteiger partial charge in [0.05, 0.1) is 5.92 Å². The van der Waals surface area contributed by atoms with Crippen molar-refractivity contribution in [1.29, 1.82) is 0 Å².